The molecule has 1 aliphatic heterocycles. The SMILES string of the molecule is O=S(=O)(O)/C=C/c1nn(Cc2ccccc2)c2c1C[S+]([O-])CC2. The van der Waals surface area contributed by atoms with Gasteiger partial charge in [-0.25, -0.2) is 0 Å². The summed E-state index contributed by atoms with van der Waals surface area (Å²) < 4.78 is 44.3. The molecule has 8 heteroatoms. The van der Waals surface area contributed by atoms with Crippen LogP contribution in [-0.2, 0) is 40.0 Å². The number of aromatic nitrogens is 2. The number of rotatable bonds is 4. The molecule has 1 aliphatic rings. The predicted octanol–water partition coefficient (Wildman–Crippen LogP) is 1.59. The third kappa shape index (κ3) is 4.03. The zero-order chi connectivity index (χ0) is 16.4. The van der Waals surface area contributed by atoms with Crippen LogP contribution in [0.2, 0.25) is 0 Å². The molecule has 0 fully saturated rings. The molecule has 23 heavy (non-hydrogen) atoms. The summed E-state index contributed by atoms with van der Waals surface area (Å²) in [6.45, 7) is 0.565. The van der Waals surface area contributed by atoms with Crippen LogP contribution in [0, 0.1) is 0 Å². The summed E-state index contributed by atoms with van der Waals surface area (Å²) in [5, 5.41) is 5.15. The lowest BCUT2D eigenvalue weighted by Crippen LogP contribution is -2.21. The van der Waals surface area contributed by atoms with Crippen molar-refractivity contribution in [3.05, 3.63) is 58.3 Å². The highest BCUT2D eigenvalue weighted by molar-refractivity contribution is 7.90. The second-order valence-electron chi connectivity index (χ2n) is 5.31. The highest BCUT2D eigenvalue weighted by Crippen LogP contribution is 2.26. The Kier molecular flexibility index (Phi) is 4.58. The van der Waals surface area contributed by atoms with E-state index in [0.717, 1.165) is 16.8 Å². The van der Waals surface area contributed by atoms with Crippen LogP contribution in [-0.4, -0.2) is 33.1 Å². The summed E-state index contributed by atoms with van der Waals surface area (Å²) in [5.74, 6) is 0.935. The first-order valence-electron chi connectivity index (χ1n) is 7.05. The van der Waals surface area contributed by atoms with Gasteiger partial charge < -0.3 is 4.55 Å². The van der Waals surface area contributed by atoms with Crippen LogP contribution in [0.3, 0.4) is 0 Å². The van der Waals surface area contributed by atoms with Crippen molar-refractivity contribution in [3.63, 3.8) is 0 Å². The Balaban J connectivity index is 1.99. The minimum atomic E-state index is -4.22. The second kappa shape index (κ2) is 6.48. The van der Waals surface area contributed by atoms with E-state index in [1.165, 1.54) is 6.08 Å². The minimum absolute atomic E-state index is 0.356. The Hall–Kier alpha value is -1.61. The van der Waals surface area contributed by atoms with Gasteiger partial charge in [-0.05, 0) is 22.8 Å². The number of hydrogen-bond donors (Lipinski definition) is 1. The smallest absolute Gasteiger partial charge is 0.287 e. The van der Waals surface area contributed by atoms with Gasteiger partial charge in [0.25, 0.3) is 10.1 Å². The molecular formula is C15H16N2O4S2. The molecule has 122 valence electrons. The van der Waals surface area contributed by atoms with Crippen LogP contribution in [0.1, 0.15) is 22.5 Å². The fraction of sp³-hybridized carbons (Fsp3) is 0.267. The van der Waals surface area contributed by atoms with Gasteiger partial charge in [0, 0.05) is 12.0 Å². The van der Waals surface area contributed by atoms with Crippen molar-refractivity contribution in [1.82, 2.24) is 9.78 Å². The average Bonchev–Trinajstić information content (AvgIpc) is 2.83. The van der Waals surface area contributed by atoms with Crippen molar-refractivity contribution in [1.29, 1.82) is 0 Å². The van der Waals surface area contributed by atoms with Crippen molar-refractivity contribution in [3.8, 4) is 0 Å². The number of nitrogens with zero attached hydrogens (tertiary/aromatic N) is 2. The standard InChI is InChI=1S/C15H16N2O4S2/c18-22-8-6-15-13(11-22)14(7-9-23(19,20)21)16-17(15)10-12-4-2-1-3-5-12/h1-5,7,9H,6,8,10-11H2,(H,19,20,21)/b9-7+. The lowest BCUT2D eigenvalue weighted by Gasteiger charge is -2.18. The Morgan fingerprint density at radius 1 is 1.35 bits per heavy atom. The Morgan fingerprint density at radius 3 is 2.78 bits per heavy atom. The van der Waals surface area contributed by atoms with Crippen LogP contribution in [0.5, 0.6) is 0 Å². The molecule has 0 amide bonds. The van der Waals surface area contributed by atoms with Crippen molar-refractivity contribution < 1.29 is 17.5 Å². The number of hydrogen-bond acceptors (Lipinski definition) is 4. The Labute approximate surface area is 137 Å². The molecule has 1 aromatic carbocycles. The first-order valence-corrected chi connectivity index (χ1v) is 10.0. The largest absolute Gasteiger partial charge is 0.616 e. The van der Waals surface area contributed by atoms with Gasteiger partial charge in [0.2, 0.25) is 0 Å². The molecule has 2 heterocycles. The van der Waals surface area contributed by atoms with Gasteiger partial charge in [0.15, 0.2) is 0 Å². The molecule has 0 saturated carbocycles. The lowest BCUT2D eigenvalue weighted by atomic mass is 10.1. The maximum absolute atomic E-state index is 11.8. The molecule has 2 aromatic rings. The molecular weight excluding hydrogens is 336 g/mol. The zero-order valence-electron chi connectivity index (χ0n) is 12.3. The van der Waals surface area contributed by atoms with Crippen LogP contribution in [0.4, 0.5) is 0 Å². The van der Waals surface area contributed by atoms with E-state index >= 15 is 0 Å². The molecule has 3 rings (SSSR count). The van der Waals surface area contributed by atoms with E-state index in [2.05, 4.69) is 5.10 Å². The monoisotopic (exact) mass is 352 g/mol. The van der Waals surface area contributed by atoms with Crippen LogP contribution in [0.25, 0.3) is 6.08 Å². The van der Waals surface area contributed by atoms with Crippen LogP contribution >= 0.6 is 0 Å². The third-order valence-corrected chi connectivity index (χ3v) is 5.39. The molecule has 1 atom stereocenters. The molecule has 0 saturated heterocycles. The molecule has 0 radical (unpaired) electrons. The van der Waals surface area contributed by atoms with Crippen molar-refractivity contribution in [2.24, 2.45) is 0 Å². The molecule has 1 N–H and O–H groups in total. The molecule has 6 nitrogen and oxygen atoms in total. The maximum Gasteiger partial charge on any atom is 0.287 e. The molecule has 0 aliphatic carbocycles. The molecule has 1 aromatic heterocycles. The normalized spacial score (nSPS) is 18.3. The van der Waals surface area contributed by atoms with Crippen LogP contribution < -0.4 is 0 Å². The topological polar surface area (TPSA) is 95.2 Å². The summed E-state index contributed by atoms with van der Waals surface area (Å²) in [4.78, 5) is 0. The van der Waals surface area contributed by atoms with Crippen LogP contribution in [0.15, 0.2) is 35.7 Å². The van der Waals surface area contributed by atoms with Gasteiger partial charge in [-0.15, -0.1) is 0 Å². The van der Waals surface area contributed by atoms with Gasteiger partial charge >= 0.3 is 0 Å². The summed E-state index contributed by atoms with van der Waals surface area (Å²) in [6.07, 6.45) is 1.90. The number of fused-ring (bicyclic) bond motifs is 1. The van der Waals surface area contributed by atoms with E-state index in [9.17, 15) is 13.0 Å². The van der Waals surface area contributed by atoms with Gasteiger partial charge in [0.05, 0.1) is 23.3 Å². The summed E-state index contributed by atoms with van der Waals surface area (Å²) >= 11 is -0.969. The van der Waals surface area contributed by atoms with E-state index < -0.39 is 21.3 Å². The summed E-state index contributed by atoms with van der Waals surface area (Å²) in [5.41, 5.74) is 3.30. The van der Waals surface area contributed by atoms with Crippen molar-refractivity contribution >= 4 is 27.4 Å². The average molecular weight is 352 g/mol. The minimum Gasteiger partial charge on any atom is -0.616 e. The van der Waals surface area contributed by atoms with Gasteiger partial charge in [-0.3, -0.25) is 9.23 Å². The summed E-state index contributed by atoms with van der Waals surface area (Å²) in [7, 11) is -4.22. The van der Waals surface area contributed by atoms with E-state index in [4.69, 9.17) is 4.55 Å². The quantitative estimate of drug-likeness (QED) is 0.666. The molecule has 0 bridgehead atoms. The summed E-state index contributed by atoms with van der Waals surface area (Å²) in [6, 6.07) is 9.80. The zero-order valence-corrected chi connectivity index (χ0v) is 13.9. The fourth-order valence-electron chi connectivity index (χ4n) is 2.61. The van der Waals surface area contributed by atoms with Gasteiger partial charge in [0.1, 0.15) is 11.5 Å². The first kappa shape index (κ1) is 16.3. The first-order chi connectivity index (χ1) is 10.9. The van der Waals surface area contributed by atoms with Gasteiger partial charge in [-0.1, -0.05) is 30.3 Å². The lowest BCUT2D eigenvalue weighted by molar-refractivity contribution is 0.494. The predicted molar refractivity (Wildman–Crippen MR) is 88.8 cm³/mol. The van der Waals surface area contributed by atoms with Crippen molar-refractivity contribution in [2.45, 2.75) is 18.7 Å². The van der Waals surface area contributed by atoms with Crippen molar-refractivity contribution in [2.75, 3.05) is 5.75 Å². The van der Waals surface area contributed by atoms with E-state index in [-0.39, 0.29) is 0 Å². The highest BCUT2D eigenvalue weighted by atomic mass is 32.2. The Morgan fingerprint density at radius 2 is 2.09 bits per heavy atom. The highest BCUT2D eigenvalue weighted by Gasteiger charge is 2.26. The van der Waals surface area contributed by atoms with E-state index in [1.807, 2.05) is 35.0 Å². The van der Waals surface area contributed by atoms with E-state index in [1.54, 1.807) is 0 Å². The second-order valence-corrected chi connectivity index (χ2v) is 8.19. The maximum atomic E-state index is 11.8. The Bertz CT molecular complexity index is 829. The molecule has 1 unspecified atom stereocenters. The molecule has 0 spiro atoms. The third-order valence-electron chi connectivity index (χ3n) is 3.64. The fourth-order valence-corrected chi connectivity index (χ4v) is 4.11. The van der Waals surface area contributed by atoms with E-state index in [0.29, 0.717) is 35.6 Å². The van der Waals surface area contributed by atoms with Gasteiger partial charge in [-0.2, -0.15) is 13.5 Å². The number of benzene rings is 1.